The monoisotopic (exact) mass is 121 g/mol. The van der Waals surface area contributed by atoms with Gasteiger partial charge in [0.2, 0.25) is 0 Å². The molecule has 1 rings (SSSR count). The normalized spacial score (nSPS) is 21.2. The van der Waals surface area contributed by atoms with E-state index >= 15 is 0 Å². The molecule has 0 heterocycles. The summed E-state index contributed by atoms with van der Waals surface area (Å²) in [5.74, 6) is 0. The molecule has 0 amide bonds. The van der Waals surface area contributed by atoms with Crippen molar-refractivity contribution in [2.45, 2.75) is 12.8 Å². The highest BCUT2D eigenvalue weighted by molar-refractivity contribution is 5.65. The summed E-state index contributed by atoms with van der Waals surface area (Å²) in [5.41, 5.74) is -0.708. The lowest BCUT2D eigenvalue weighted by Crippen LogP contribution is -2.14. The van der Waals surface area contributed by atoms with Crippen molar-refractivity contribution in [2.75, 3.05) is 0 Å². The van der Waals surface area contributed by atoms with Crippen LogP contribution in [0.5, 0.6) is 0 Å². The Hall–Kier alpha value is -1.10. The molecule has 1 aliphatic rings. The topological polar surface area (TPSA) is 40.9 Å². The highest BCUT2D eigenvalue weighted by Gasteiger charge is 2.29. The van der Waals surface area contributed by atoms with Crippen LogP contribution in [0.1, 0.15) is 12.8 Å². The van der Waals surface area contributed by atoms with Crippen LogP contribution < -0.4 is 0 Å². The second kappa shape index (κ2) is 2.02. The van der Waals surface area contributed by atoms with E-state index in [9.17, 15) is 4.79 Å². The van der Waals surface area contributed by atoms with Gasteiger partial charge in [0, 0.05) is 0 Å². The van der Waals surface area contributed by atoms with Gasteiger partial charge in [0.15, 0.2) is 0 Å². The first-order valence-corrected chi connectivity index (χ1v) is 2.85. The summed E-state index contributed by atoms with van der Waals surface area (Å²) in [6.07, 6.45) is 5.67. The molecule has 2 nitrogen and oxygen atoms in total. The smallest absolute Gasteiger partial charge is 0.140 e. The van der Waals surface area contributed by atoms with Crippen LogP contribution in [-0.2, 0) is 4.79 Å². The fourth-order valence-corrected chi connectivity index (χ4v) is 0.884. The number of nitrogens with zero attached hydrogens (tertiary/aromatic N) is 1. The van der Waals surface area contributed by atoms with Gasteiger partial charge >= 0.3 is 0 Å². The molecule has 1 aliphatic carbocycles. The number of carbonyl (C=O) groups excluding carboxylic acids is 1. The molecule has 2 heteroatoms. The first kappa shape index (κ1) is 6.03. The Morgan fingerprint density at radius 1 is 1.56 bits per heavy atom. The van der Waals surface area contributed by atoms with Gasteiger partial charge < -0.3 is 4.79 Å². The number of rotatable bonds is 1. The predicted molar refractivity (Wildman–Crippen MR) is 32.5 cm³/mol. The van der Waals surface area contributed by atoms with Gasteiger partial charge in [0.05, 0.1) is 6.07 Å². The summed E-state index contributed by atoms with van der Waals surface area (Å²) in [6, 6.07) is 2.00. The third-order valence-electron chi connectivity index (χ3n) is 1.58. The summed E-state index contributed by atoms with van der Waals surface area (Å²) >= 11 is 0. The van der Waals surface area contributed by atoms with E-state index in [-0.39, 0.29) is 0 Å². The van der Waals surface area contributed by atoms with Gasteiger partial charge in [0.1, 0.15) is 11.7 Å². The molecule has 9 heavy (non-hydrogen) atoms. The minimum Gasteiger partial charge on any atom is -0.302 e. The van der Waals surface area contributed by atoms with Crippen molar-refractivity contribution in [1.29, 1.82) is 5.26 Å². The van der Waals surface area contributed by atoms with Crippen molar-refractivity contribution in [1.82, 2.24) is 0 Å². The quantitative estimate of drug-likeness (QED) is 0.384. The number of hydrogen-bond donors (Lipinski definition) is 0. The number of hydrogen-bond acceptors (Lipinski definition) is 2. The minimum absolute atomic E-state index is 0.590. The first-order chi connectivity index (χ1) is 4.33. The predicted octanol–water partition coefficient (Wildman–Crippen LogP) is 1.05. The molecule has 0 saturated carbocycles. The molecule has 0 bridgehead atoms. The minimum atomic E-state index is -0.708. The molecule has 0 fully saturated rings. The van der Waals surface area contributed by atoms with Crippen molar-refractivity contribution < 1.29 is 4.79 Å². The zero-order chi connectivity index (χ0) is 6.74. The molecule has 0 radical (unpaired) electrons. The van der Waals surface area contributed by atoms with E-state index in [1.165, 1.54) is 0 Å². The molecule has 0 aromatic rings. The third-order valence-corrected chi connectivity index (χ3v) is 1.58. The molecule has 46 valence electrons. The van der Waals surface area contributed by atoms with Crippen LogP contribution in [0.2, 0.25) is 0 Å². The second-order valence-corrected chi connectivity index (χ2v) is 2.27. The first-order valence-electron chi connectivity index (χ1n) is 2.85. The standard InChI is InChI=1S/C7H7NO/c8-5-7(6-9)3-1-2-4-7/h1-2,6H,3-4H2. The van der Waals surface area contributed by atoms with E-state index in [4.69, 9.17) is 5.26 Å². The average molecular weight is 121 g/mol. The van der Waals surface area contributed by atoms with E-state index < -0.39 is 5.41 Å². The molecule has 0 saturated heterocycles. The van der Waals surface area contributed by atoms with Gasteiger partial charge in [-0.15, -0.1) is 0 Å². The molecule has 0 atom stereocenters. The number of allylic oxidation sites excluding steroid dienone is 2. The zero-order valence-electron chi connectivity index (χ0n) is 5.00. The molecule has 0 aromatic carbocycles. The van der Waals surface area contributed by atoms with Crippen molar-refractivity contribution >= 4 is 6.29 Å². The Morgan fingerprint density at radius 2 is 2.11 bits per heavy atom. The maximum Gasteiger partial charge on any atom is 0.140 e. The number of carbonyl (C=O) groups is 1. The summed E-state index contributed by atoms with van der Waals surface area (Å²) in [7, 11) is 0. The molecular formula is C7H7NO. The average Bonchev–Trinajstić information content (AvgIpc) is 2.36. The van der Waals surface area contributed by atoms with Crippen LogP contribution in [0.25, 0.3) is 0 Å². The molecule has 0 unspecified atom stereocenters. The zero-order valence-corrected chi connectivity index (χ0v) is 5.00. The van der Waals surface area contributed by atoms with Crippen molar-refractivity contribution in [2.24, 2.45) is 5.41 Å². The number of nitriles is 1. The van der Waals surface area contributed by atoms with Gasteiger partial charge in [-0.25, -0.2) is 0 Å². The van der Waals surface area contributed by atoms with E-state index in [0.29, 0.717) is 12.8 Å². The van der Waals surface area contributed by atoms with Crippen LogP contribution in [0.15, 0.2) is 12.2 Å². The highest BCUT2D eigenvalue weighted by atomic mass is 16.1. The summed E-state index contributed by atoms with van der Waals surface area (Å²) in [5, 5.41) is 8.50. The summed E-state index contributed by atoms with van der Waals surface area (Å²) < 4.78 is 0. The second-order valence-electron chi connectivity index (χ2n) is 2.27. The van der Waals surface area contributed by atoms with E-state index in [0.717, 1.165) is 6.29 Å². The Labute approximate surface area is 53.8 Å². The molecular weight excluding hydrogens is 114 g/mol. The van der Waals surface area contributed by atoms with Gasteiger partial charge in [-0.05, 0) is 12.8 Å². The molecule has 0 N–H and O–H groups in total. The van der Waals surface area contributed by atoms with Crippen molar-refractivity contribution in [3.05, 3.63) is 12.2 Å². The van der Waals surface area contributed by atoms with E-state index in [1.807, 2.05) is 18.2 Å². The van der Waals surface area contributed by atoms with Crippen molar-refractivity contribution in [3.8, 4) is 6.07 Å². The lowest BCUT2D eigenvalue weighted by Gasteiger charge is -2.08. The largest absolute Gasteiger partial charge is 0.302 e. The van der Waals surface area contributed by atoms with Gasteiger partial charge in [-0.1, -0.05) is 12.2 Å². The van der Waals surface area contributed by atoms with Gasteiger partial charge in [-0.2, -0.15) is 5.26 Å². The maximum atomic E-state index is 10.3. The van der Waals surface area contributed by atoms with Crippen LogP contribution in [0.3, 0.4) is 0 Å². The van der Waals surface area contributed by atoms with Crippen LogP contribution in [0, 0.1) is 16.7 Å². The SMILES string of the molecule is N#CC1(C=O)CC=CC1. The van der Waals surface area contributed by atoms with Crippen molar-refractivity contribution in [3.63, 3.8) is 0 Å². The molecule has 0 aliphatic heterocycles. The van der Waals surface area contributed by atoms with Gasteiger partial charge in [0.25, 0.3) is 0 Å². The van der Waals surface area contributed by atoms with Crippen LogP contribution >= 0.6 is 0 Å². The fourth-order valence-electron chi connectivity index (χ4n) is 0.884. The Kier molecular flexibility index (Phi) is 1.35. The fraction of sp³-hybridized carbons (Fsp3) is 0.429. The lowest BCUT2D eigenvalue weighted by molar-refractivity contribution is -0.113. The van der Waals surface area contributed by atoms with E-state index in [1.54, 1.807) is 0 Å². The Morgan fingerprint density at radius 3 is 2.33 bits per heavy atom. The van der Waals surface area contributed by atoms with E-state index in [2.05, 4.69) is 0 Å². The van der Waals surface area contributed by atoms with Gasteiger partial charge in [-0.3, -0.25) is 0 Å². The third kappa shape index (κ3) is 0.857. The molecule has 0 spiro atoms. The Balaban J connectivity index is 2.75. The summed E-state index contributed by atoms with van der Waals surface area (Å²) in [6.45, 7) is 0. The van der Waals surface area contributed by atoms with Crippen LogP contribution in [0.4, 0.5) is 0 Å². The summed E-state index contributed by atoms with van der Waals surface area (Å²) in [4.78, 5) is 10.3. The highest BCUT2D eigenvalue weighted by Crippen LogP contribution is 2.29. The van der Waals surface area contributed by atoms with Crippen LogP contribution in [-0.4, -0.2) is 6.29 Å². The number of aldehydes is 1. The maximum absolute atomic E-state index is 10.3. The lowest BCUT2D eigenvalue weighted by atomic mass is 9.90. The Bertz CT molecular complexity index is 180. The molecule has 0 aromatic heterocycles.